The molecule has 1 aromatic carbocycles. The number of hydrogen-bond acceptors (Lipinski definition) is 2. The summed E-state index contributed by atoms with van der Waals surface area (Å²) in [5, 5.41) is 0. The molecule has 0 atom stereocenters. The van der Waals surface area contributed by atoms with Crippen molar-refractivity contribution in [2.45, 2.75) is 46.0 Å². The van der Waals surface area contributed by atoms with E-state index in [9.17, 15) is 0 Å². The highest BCUT2D eigenvalue weighted by molar-refractivity contribution is 5.35. The van der Waals surface area contributed by atoms with Crippen molar-refractivity contribution in [3.63, 3.8) is 0 Å². The molecule has 1 fully saturated rings. The molecular formula is C18H29NO. The zero-order valence-electron chi connectivity index (χ0n) is 13.4. The van der Waals surface area contributed by atoms with E-state index in [1.165, 1.54) is 18.4 Å². The minimum absolute atomic E-state index is 0.214. The molecule has 1 aliphatic rings. The molecule has 2 rings (SSSR count). The third-order valence-corrected chi connectivity index (χ3v) is 4.69. The normalized spacial score (nSPS) is 25.9. The van der Waals surface area contributed by atoms with Crippen LogP contribution in [-0.4, -0.2) is 13.2 Å². The van der Waals surface area contributed by atoms with Gasteiger partial charge in [-0.1, -0.05) is 39.8 Å². The number of nitrogens with two attached hydrogens (primary N) is 1. The Morgan fingerprint density at radius 2 is 1.75 bits per heavy atom. The maximum Gasteiger partial charge on any atom is 0.119 e. The van der Waals surface area contributed by atoms with Crippen LogP contribution in [-0.2, 0) is 5.41 Å². The third-order valence-electron chi connectivity index (χ3n) is 4.69. The predicted octanol–water partition coefficient (Wildman–Crippen LogP) is 3.98. The quantitative estimate of drug-likeness (QED) is 0.852. The maximum atomic E-state index is 6.07. The van der Waals surface area contributed by atoms with E-state index in [0.717, 1.165) is 30.7 Å². The standard InChI is InChI=1S/C18H29NO/c1-13(2)11-20-17-7-5-16(6-8-17)18(12-19)9-15(10-18)14(3)4/h5-8,13-15H,9-12,19H2,1-4H3. The number of hydrogen-bond donors (Lipinski definition) is 1. The molecule has 0 saturated heterocycles. The summed E-state index contributed by atoms with van der Waals surface area (Å²) in [6.45, 7) is 10.5. The minimum Gasteiger partial charge on any atom is -0.493 e. The van der Waals surface area contributed by atoms with Gasteiger partial charge in [-0.3, -0.25) is 0 Å². The zero-order valence-corrected chi connectivity index (χ0v) is 13.4. The SMILES string of the molecule is CC(C)COc1ccc(C2(CN)CC(C(C)C)C2)cc1. The summed E-state index contributed by atoms with van der Waals surface area (Å²) in [5.41, 5.74) is 7.67. The van der Waals surface area contributed by atoms with E-state index in [0.29, 0.717) is 5.92 Å². The molecule has 0 aromatic heterocycles. The zero-order chi connectivity index (χ0) is 14.8. The lowest BCUT2D eigenvalue weighted by molar-refractivity contribution is 0.106. The molecule has 0 radical (unpaired) electrons. The summed E-state index contributed by atoms with van der Waals surface area (Å²) < 4.78 is 5.75. The van der Waals surface area contributed by atoms with Crippen LogP contribution < -0.4 is 10.5 Å². The Labute approximate surface area is 123 Å². The van der Waals surface area contributed by atoms with E-state index in [2.05, 4.69) is 52.0 Å². The molecule has 0 heterocycles. The van der Waals surface area contributed by atoms with Crippen molar-refractivity contribution in [3.05, 3.63) is 29.8 Å². The summed E-state index contributed by atoms with van der Waals surface area (Å²) in [5.74, 6) is 3.12. The number of ether oxygens (including phenoxy) is 1. The van der Waals surface area contributed by atoms with Crippen molar-refractivity contribution in [3.8, 4) is 5.75 Å². The fourth-order valence-corrected chi connectivity index (χ4v) is 3.10. The molecule has 1 aromatic rings. The van der Waals surface area contributed by atoms with Crippen molar-refractivity contribution >= 4 is 0 Å². The van der Waals surface area contributed by atoms with Gasteiger partial charge in [0, 0.05) is 12.0 Å². The molecule has 112 valence electrons. The molecule has 2 N–H and O–H groups in total. The second-order valence-electron chi connectivity index (χ2n) is 7.13. The van der Waals surface area contributed by atoms with Crippen molar-refractivity contribution in [1.82, 2.24) is 0 Å². The van der Waals surface area contributed by atoms with Gasteiger partial charge in [0.1, 0.15) is 5.75 Å². The number of benzene rings is 1. The monoisotopic (exact) mass is 275 g/mol. The molecule has 2 nitrogen and oxygen atoms in total. The van der Waals surface area contributed by atoms with Gasteiger partial charge in [-0.2, -0.15) is 0 Å². The van der Waals surface area contributed by atoms with Gasteiger partial charge in [0.15, 0.2) is 0 Å². The highest BCUT2D eigenvalue weighted by Gasteiger charge is 2.45. The average molecular weight is 275 g/mol. The molecule has 0 bridgehead atoms. The average Bonchev–Trinajstić information content (AvgIpc) is 2.36. The predicted molar refractivity (Wildman–Crippen MR) is 85.1 cm³/mol. The van der Waals surface area contributed by atoms with Crippen LogP contribution in [0.2, 0.25) is 0 Å². The Morgan fingerprint density at radius 3 is 2.20 bits per heavy atom. The van der Waals surface area contributed by atoms with Crippen LogP contribution in [0.5, 0.6) is 5.75 Å². The second kappa shape index (κ2) is 6.17. The molecule has 1 saturated carbocycles. The maximum absolute atomic E-state index is 6.07. The van der Waals surface area contributed by atoms with Crippen LogP contribution in [0.15, 0.2) is 24.3 Å². The van der Waals surface area contributed by atoms with Crippen LogP contribution in [0.4, 0.5) is 0 Å². The Morgan fingerprint density at radius 1 is 1.15 bits per heavy atom. The van der Waals surface area contributed by atoms with Crippen molar-refractivity contribution in [1.29, 1.82) is 0 Å². The van der Waals surface area contributed by atoms with Gasteiger partial charge < -0.3 is 10.5 Å². The molecule has 20 heavy (non-hydrogen) atoms. The lowest BCUT2D eigenvalue weighted by atomic mass is 9.56. The van der Waals surface area contributed by atoms with Gasteiger partial charge in [-0.25, -0.2) is 0 Å². The van der Waals surface area contributed by atoms with Crippen molar-refractivity contribution < 1.29 is 4.74 Å². The summed E-state index contributed by atoms with van der Waals surface area (Å²) in [6.07, 6.45) is 2.46. The fraction of sp³-hybridized carbons (Fsp3) is 0.667. The summed E-state index contributed by atoms with van der Waals surface area (Å²) >= 11 is 0. The van der Waals surface area contributed by atoms with Crippen molar-refractivity contribution in [2.75, 3.05) is 13.2 Å². The Hall–Kier alpha value is -1.02. The van der Waals surface area contributed by atoms with E-state index in [4.69, 9.17) is 10.5 Å². The van der Waals surface area contributed by atoms with Crippen molar-refractivity contribution in [2.24, 2.45) is 23.5 Å². The topological polar surface area (TPSA) is 35.2 Å². The molecule has 0 spiro atoms. The van der Waals surface area contributed by atoms with Gasteiger partial charge in [-0.15, -0.1) is 0 Å². The van der Waals surface area contributed by atoms with Crippen LogP contribution in [0.3, 0.4) is 0 Å². The van der Waals surface area contributed by atoms with Crippen LogP contribution in [0.25, 0.3) is 0 Å². The lowest BCUT2D eigenvalue weighted by Crippen LogP contribution is -2.48. The van der Waals surface area contributed by atoms with E-state index >= 15 is 0 Å². The summed E-state index contributed by atoms with van der Waals surface area (Å²) in [4.78, 5) is 0. The highest BCUT2D eigenvalue weighted by atomic mass is 16.5. The Kier molecular flexibility index (Phi) is 4.74. The van der Waals surface area contributed by atoms with Crippen LogP contribution in [0.1, 0.15) is 46.1 Å². The fourth-order valence-electron chi connectivity index (χ4n) is 3.10. The van der Waals surface area contributed by atoms with E-state index in [1.807, 2.05) is 0 Å². The van der Waals surface area contributed by atoms with Crippen LogP contribution in [0, 0.1) is 17.8 Å². The Balaban J connectivity index is 2.02. The van der Waals surface area contributed by atoms with E-state index in [-0.39, 0.29) is 5.41 Å². The first-order chi connectivity index (χ1) is 9.47. The molecule has 2 heteroatoms. The molecular weight excluding hydrogens is 246 g/mol. The molecule has 0 aliphatic heterocycles. The number of rotatable bonds is 6. The smallest absolute Gasteiger partial charge is 0.119 e. The largest absolute Gasteiger partial charge is 0.493 e. The van der Waals surface area contributed by atoms with E-state index < -0.39 is 0 Å². The van der Waals surface area contributed by atoms with Gasteiger partial charge in [0.05, 0.1) is 6.61 Å². The molecule has 0 amide bonds. The highest BCUT2D eigenvalue weighted by Crippen LogP contribution is 2.50. The summed E-state index contributed by atoms with van der Waals surface area (Å²) in [6, 6.07) is 8.60. The minimum atomic E-state index is 0.214. The first-order valence-corrected chi connectivity index (χ1v) is 7.90. The second-order valence-corrected chi connectivity index (χ2v) is 7.13. The van der Waals surface area contributed by atoms with Gasteiger partial charge >= 0.3 is 0 Å². The first kappa shape index (κ1) is 15.4. The van der Waals surface area contributed by atoms with Gasteiger partial charge in [0.2, 0.25) is 0 Å². The Bertz CT molecular complexity index is 416. The molecule has 0 unspecified atom stereocenters. The third kappa shape index (κ3) is 3.17. The van der Waals surface area contributed by atoms with E-state index in [1.54, 1.807) is 0 Å². The van der Waals surface area contributed by atoms with Gasteiger partial charge in [-0.05, 0) is 48.3 Å². The van der Waals surface area contributed by atoms with Gasteiger partial charge in [0.25, 0.3) is 0 Å². The summed E-state index contributed by atoms with van der Waals surface area (Å²) in [7, 11) is 0. The van der Waals surface area contributed by atoms with Crippen LogP contribution >= 0.6 is 0 Å². The molecule has 1 aliphatic carbocycles. The lowest BCUT2D eigenvalue weighted by Gasteiger charge is -2.49. The first-order valence-electron chi connectivity index (χ1n) is 7.90.